The second-order valence-electron chi connectivity index (χ2n) is 4.67. The number of amides is 1. The van der Waals surface area contributed by atoms with Crippen LogP contribution >= 0.6 is 0 Å². The number of nitrogens with one attached hydrogen (secondary N) is 1. The molecule has 0 atom stereocenters. The Bertz CT molecular complexity index is 636. The molecule has 0 aliphatic carbocycles. The van der Waals surface area contributed by atoms with Crippen LogP contribution < -0.4 is 4.72 Å². The van der Waals surface area contributed by atoms with Gasteiger partial charge in [-0.15, -0.1) is 0 Å². The smallest absolute Gasteiger partial charge is 0.338 e. The molecule has 0 aliphatic rings. The topological polar surface area (TPSA) is 92.8 Å². The van der Waals surface area contributed by atoms with Crippen molar-refractivity contribution in [3.05, 3.63) is 29.8 Å². The van der Waals surface area contributed by atoms with E-state index in [0.29, 0.717) is 13.1 Å². The fourth-order valence-electron chi connectivity index (χ4n) is 1.92. The summed E-state index contributed by atoms with van der Waals surface area (Å²) >= 11 is 0. The quantitative estimate of drug-likeness (QED) is 0.712. The van der Waals surface area contributed by atoms with Gasteiger partial charge in [-0.25, -0.2) is 17.9 Å². The van der Waals surface area contributed by atoms with E-state index < -0.39 is 16.0 Å². The minimum atomic E-state index is -3.56. The molecule has 0 radical (unpaired) electrons. The number of likely N-dealkylation sites (N-methyl/N-ethyl adjacent to an activating group) is 1. The van der Waals surface area contributed by atoms with E-state index in [4.69, 9.17) is 4.74 Å². The van der Waals surface area contributed by atoms with Crippen molar-refractivity contribution in [3.63, 3.8) is 0 Å². The van der Waals surface area contributed by atoms with Gasteiger partial charge in [0.15, 0.2) is 6.61 Å². The summed E-state index contributed by atoms with van der Waals surface area (Å²) in [6.07, 6.45) is 0. The SMILES string of the molecule is CCNS(=O)(=O)c1ccc(C(=O)OCC(=O)N(CC)CC)cc1. The lowest BCUT2D eigenvalue weighted by molar-refractivity contribution is -0.134. The molecule has 8 heteroatoms. The average Bonchev–Trinajstić information content (AvgIpc) is 2.54. The van der Waals surface area contributed by atoms with Crippen molar-refractivity contribution < 1.29 is 22.7 Å². The van der Waals surface area contributed by atoms with Gasteiger partial charge in [-0.3, -0.25) is 4.79 Å². The number of hydrogen-bond donors (Lipinski definition) is 1. The molecular weight excluding hydrogens is 320 g/mol. The summed E-state index contributed by atoms with van der Waals surface area (Å²) in [4.78, 5) is 25.3. The molecule has 0 aliphatic heterocycles. The van der Waals surface area contributed by atoms with Crippen molar-refractivity contribution in [1.82, 2.24) is 9.62 Å². The highest BCUT2D eigenvalue weighted by molar-refractivity contribution is 7.89. The Kier molecular flexibility index (Phi) is 7.18. The Balaban J connectivity index is 2.70. The van der Waals surface area contributed by atoms with E-state index in [1.807, 2.05) is 13.8 Å². The van der Waals surface area contributed by atoms with Crippen LogP contribution in [0.1, 0.15) is 31.1 Å². The van der Waals surface area contributed by atoms with Crippen LogP contribution in [0.5, 0.6) is 0 Å². The average molecular weight is 342 g/mol. The van der Waals surface area contributed by atoms with Crippen molar-refractivity contribution in [2.75, 3.05) is 26.2 Å². The third-order valence-corrected chi connectivity index (χ3v) is 4.74. The van der Waals surface area contributed by atoms with Gasteiger partial charge in [0.05, 0.1) is 10.5 Å². The summed E-state index contributed by atoms with van der Waals surface area (Å²) in [5.41, 5.74) is 0.188. The number of rotatable bonds is 8. The molecule has 1 aromatic rings. The van der Waals surface area contributed by atoms with Gasteiger partial charge < -0.3 is 9.64 Å². The Labute approximate surface area is 136 Å². The molecule has 0 aromatic heterocycles. The molecule has 0 saturated heterocycles. The number of carbonyl (C=O) groups excluding carboxylic acids is 2. The summed E-state index contributed by atoms with van der Waals surface area (Å²) in [6.45, 7) is 6.39. The predicted molar refractivity (Wildman–Crippen MR) is 85.5 cm³/mol. The Hall–Kier alpha value is -1.93. The van der Waals surface area contributed by atoms with Crippen LogP contribution in [0.4, 0.5) is 0 Å². The van der Waals surface area contributed by atoms with Crippen molar-refractivity contribution in [2.24, 2.45) is 0 Å². The van der Waals surface area contributed by atoms with Crippen molar-refractivity contribution >= 4 is 21.9 Å². The van der Waals surface area contributed by atoms with Gasteiger partial charge >= 0.3 is 5.97 Å². The van der Waals surface area contributed by atoms with E-state index in [2.05, 4.69) is 4.72 Å². The number of esters is 1. The second kappa shape index (κ2) is 8.64. The molecule has 0 heterocycles. The summed E-state index contributed by atoms with van der Waals surface area (Å²) < 4.78 is 30.9. The fraction of sp³-hybridized carbons (Fsp3) is 0.467. The maximum atomic E-state index is 11.9. The van der Waals surface area contributed by atoms with E-state index in [0.717, 1.165) is 0 Å². The molecule has 0 unspecified atom stereocenters. The van der Waals surface area contributed by atoms with Crippen molar-refractivity contribution in [2.45, 2.75) is 25.7 Å². The number of hydrogen-bond acceptors (Lipinski definition) is 5. The highest BCUT2D eigenvalue weighted by Gasteiger charge is 2.16. The monoisotopic (exact) mass is 342 g/mol. The minimum absolute atomic E-state index is 0.0649. The molecule has 7 nitrogen and oxygen atoms in total. The first kappa shape index (κ1) is 19.1. The first-order chi connectivity index (χ1) is 10.9. The zero-order valence-electron chi connectivity index (χ0n) is 13.5. The molecular formula is C15H22N2O5S. The number of carbonyl (C=O) groups is 2. The fourth-order valence-corrected chi connectivity index (χ4v) is 2.96. The van der Waals surface area contributed by atoms with Gasteiger partial charge in [-0.1, -0.05) is 6.92 Å². The zero-order valence-corrected chi connectivity index (χ0v) is 14.4. The maximum absolute atomic E-state index is 11.9. The predicted octanol–water partition coefficient (Wildman–Crippen LogP) is 1.01. The van der Waals surface area contributed by atoms with Crippen LogP contribution in [-0.2, 0) is 19.6 Å². The van der Waals surface area contributed by atoms with Gasteiger partial charge in [0, 0.05) is 19.6 Å². The zero-order chi connectivity index (χ0) is 17.5. The molecule has 0 fully saturated rings. The number of nitrogens with zero attached hydrogens (tertiary/aromatic N) is 1. The summed E-state index contributed by atoms with van der Waals surface area (Å²) in [5, 5.41) is 0. The molecule has 1 aromatic carbocycles. The van der Waals surface area contributed by atoms with Crippen LogP contribution in [0.25, 0.3) is 0 Å². The minimum Gasteiger partial charge on any atom is -0.452 e. The third-order valence-electron chi connectivity index (χ3n) is 3.18. The lowest BCUT2D eigenvalue weighted by Gasteiger charge is -2.18. The van der Waals surface area contributed by atoms with Gasteiger partial charge in [0.25, 0.3) is 5.91 Å². The first-order valence-corrected chi connectivity index (χ1v) is 8.88. The lowest BCUT2D eigenvalue weighted by Crippen LogP contribution is -2.34. The highest BCUT2D eigenvalue weighted by atomic mass is 32.2. The van der Waals surface area contributed by atoms with E-state index in [1.54, 1.807) is 11.8 Å². The largest absolute Gasteiger partial charge is 0.452 e. The standard InChI is InChI=1S/C15H22N2O5S/c1-4-16-23(20,21)13-9-7-12(8-10-13)15(19)22-11-14(18)17(5-2)6-3/h7-10,16H,4-6,11H2,1-3H3. The molecule has 0 spiro atoms. The number of ether oxygens (including phenoxy) is 1. The Morgan fingerprint density at radius 3 is 2.13 bits per heavy atom. The van der Waals surface area contributed by atoms with Gasteiger partial charge in [-0.05, 0) is 38.1 Å². The molecule has 1 N–H and O–H groups in total. The second-order valence-corrected chi connectivity index (χ2v) is 6.43. The van der Waals surface area contributed by atoms with Crippen LogP contribution in [-0.4, -0.2) is 51.4 Å². The van der Waals surface area contributed by atoms with Crippen LogP contribution in [0.2, 0.25) is 0 Å². The van der Waals surface area contributed by atoms with E-state index in [9.17, 15) is 18.0 Å². The van der Waals surface area contributed by atoms with E-state index in [1.165, 1.54) is 24.3 Å². The third kappa shape index (κ3) is 5.33. The van der Waals surface area contributed by atoms with Crippen molar-refractivity contribution in [1.29, 1.82) is 0 Å². The first-order valence-electron chi connectivity index (χ1n) is 7.40. The van der Waals surface area contributed by atoms with Gasteiger partial charge in [-0.2, -0.15) is 0 Å². The molecule has 1 amide bonds. The van der Waals surface area contributed by atoms with Crippen LogP contribution in [0.15, 0.2) is 29.2 Å². The van der Waals surface area contributed by atoms with Crippen molar-refractivity contribution in [3.8, 4) is 0 Å². The van der Waals surface area contributed by atoms with Crippen LogP contribution in [0, 0.1) is 0 Å². The molecule has 0 saturated carbocycles. The summed E-state index contributed by atoms with van der Waals surface area (Å²) in [6, 6.07) is 5.35. The Morgan fingerprint density at radius 1 is 1.09 bits per heavy atom. The molecule has 23 heavy (non-hydrogen) atoms. The number of benzene rings is 1. The van der Waals surface area contributed by atoms with Gasteiger partial charge in [0.2, 0.25) is 10.0 Å². The normalized spacial score (nSPS) is 11.1. The maximum Gasteiger partial charge on any atom is 0.338 e. The van der Waals surface area contributed by atoms with Crippen LogP contribution in [0.3, 0.4) is 0 Å². The molecule has 1 rings (SSSR count). The van der Waals surface area contributed by atoms with E-state index in [-0.39, 0.29) is 29.5 Å². The Morgan fingerprint density at radius 2 is 1.65 bits per heavy atom. The van der Waals surface area contributed by atoms with Gasteiger partial charge in [0.1, 0.15) is 0 Å². The lowest BCUT2D eigenvalue weighted by atomic mass is 10.2. The highest BCUT2D eigenvalue weighted by Crippen LogP contribution is 2.11. The summed E-state index contributed by atoms with van der Waals surface area (Å²) in [5.74, 6) is -0.937. The molecule has 128 valence electrons. The number of sulfonamides is 1. The molecule has 0 bridgehead atoms. The van der Waals surface area contributed by atoms with E-state index >= 15 is 0 Å². The summed E-state index contributed by atoms with van der Waals surface area (Å²) in [7, 11) is -3.56.